The minimum absolute atomic E-state index is 0.0217. The number of piperazine rings is 1. The number of benzene rings is 2. The second kappa shape index (κ2) is 13.7. The van der Waals surface area contributed by atoms with Crippen LogP contribution in [-0.4, -0.2) is 62.3 Å². The van der Waals surface area contributed by atoms with E-state index in [4.69, 9.17) is 19.7 Å². The van der Waals surface area contributed by atoms with Crippen molar-refractivity contribution in [1.29, 1.82) is 0 Å². The zero-order chi connectivity index (χ0) is 34.0. The first-order valence-electron chi connectivity index (χ1n) is 17.2. The second-order valence-corrected chi connectivity index (χ2v) is 13.9. The van der Waals surface area contributed by atoms with E-state index in [1.807, 2.05) is 109 Å². The number of ether oxygens (including phenoxy) is 1. The summed E-state index contributed by atoms with van der Waals surface area (Å²) < 4.78 is 7.50. The summed E-state index contributed by atoms with van der Waals surface area (Å²) in [5, 5.41) is 0.850. The molecule has 49 heavy (non-hydrogen) atoms. The van der Waals surface area contributed by atoms with Crippen LogP contribution >= 0.6 is 0 Å². The Bertz CT molecular complexity index is 1960. The van der Waals surface area contributed by atoms with Gasteiger partial charge in [-0.1, -0.05) is 61.4 Å². The molecule has 1 saturated heterocycles. The topological polar surface area (TPSA) is 96.7 Å². The van der Waals surface area contributed by atoms with Crippen LogP contribution in [0, 0.1) is 0 Å². The van der Waals surface area contributed by atoms with Crippen molar-refractivity contribution < 1.29 is 9.53 Å². The standard InChI is InChI=1S/C39H43N7O3/c1-39(2,3)49-38(48)44-22-20-43(21-23-44)33-18-19-34(40-27-33)45(31-14-8-5-9-15-31)37-41-26-30-25-29(24-28-12-6-4-7-13-28)36(47)46(35(30)42-37)32-16-10-11-17-32/h4-9,12-15,18-19,25-27,32H,10-11,16-17,20-24H2,1-3H3. The molecule has 0 atom stereocenters. The molecule has 1 aliphatic carbocycles. The molecular weight excluding hydrogens is 614 g/mol. The van der Waals surface area contributed by atoms with Crippen LogP contribution in [0.1, 0.15) is 63.6 Å². The number of rotatable bonds is 7. The van der Waals surface area contributed by atoms with Crippen molar-refractivity contribution in [2.24, 2.45) is 0 Å². The first-order chi connectivity index (χ1) is 23.7. The summed E-state index contributed by atoms with van der Waals surface area (Å²) in [4.78, 5) is 47.5. The van der Waals surface area contributed by atoms with Gasteiger partial charge in [0.2, 0.25) is 5.95 Å². The van der Waals surface area contributed by atoms with Crippen molar-refractivity contribution >= 4 is 40.3 Å². The predicted molar refractivity (Wildman–Crippen MR) is 193 cm³/mol. The first kappa shape index (κ1) is 32.3. The van der Waals surface area contributed by atoms with Crippen molar-refractivity contribution in [1.82, 2.24) is 24.4 Å². The quantitative estimate of drug-likeness (QED) is 0.178. The van der Waals surface area contributed by atoms with E-state index in [2.05, 4.69) is 17.0 Å². The molecule has 0 radical (unpaired) electrons. The van der Waals surface area contributed by atoms with Gasteiger partial charge in [0.05, 0.1) is 17.6 Å². The predicted octanol–water partition coefficient (Wildman–Crippen LogP) is 7.42. The second-order valence-electron chi connectivity index (χ2n) is 13.9. The highest BCUT2D eigenvalue weighted by Gasteiger charge is 2.27. The smallest absolute Gasteiger partial charge is 0.410 e. The Kier molecular flexibility index (Phi) is 9.03. The number of amides is 1. The molecule has 0 unspecified atom stereocenters. The Morgan fingerprint density at radius 2 is 1.57 bits per heavy atom. The van der Waals surface area contributed by atoms with E-state index >= 15 is 0 Å². The molecule has 0 spiro atoms. The fourth-order valence-corrected chi connectivity index (χ4v) is 6.82. The summed E-state index contributed by atoms with van der Waals surface area (Å²) in [6.45, 7) is 8.16. The summed E-state index contributed by atoms with van der Waals surface area (Å²) in [6.07, 6.45) is 8.10. The molecule has 3 aromatic heterocycles. The minimum Gasteiger partial charge on any atom is -0.444 e. The van der Waals surface area contributed by atoms with E-state index in [0.717, 1.165) is 53.6 Å². The zero-order valence-corrected chi connectivity index (χ0v) is 28.5. The Morgan fingerprint density at radius 1 is 0.878 bits per heavy atom. The summed E-state index contributed by atoms with van der Waals surface area (Å²) in [5.41, 5.74) is 3.85. The van der Waals surface area contributed by atoms with Gasteiger partial charge in [-0.2, -0.15) is 4.98 Å². The highest BCUT2D eigenvalue weighted by Crippen LogP contribution is 2.35. The van der Waals surface area contributed by atoms with Gasteiger partial charge >= 0.3 is 6.09 Å². The summed E-state index contributed by atoms with van der Waals surface area (Å²) >= 11 is 0. The third-order valence-corrected chi connectivity index (χ3v) is 9.23. The number of para-hydroxylation sites is 1. The molecule has 1 amide bonds. The molecule has 1 aliphatic heterocycles. The lowest BCUT2D eigenvalue weighted by Crippen LogP contribution is -2.50. The normalized spacial score (nSPS) is 15.5. The van der Waals surface area contributed by atoms with Crippen molar-refractivity contribution in [2.75, 3.05) is 36.0 Å². The number of hydrogen-bond acceptors (Lipinski definition) is 8. The van der Waals surface area contributed by atoms with Gasteiger partial charge in [-0.15, -0.1) is 0 Å². The van der Waals surface area contributed by atoms with E-state index in [1.54, 1.807) is 4.90 Å². The highest BCUT2D eigenvalue weighted by atomic mass is 16.6. The van der Waals surface area contributed by atoms with Gasteiger partial charge in [0.15, 0.2) is 0 Å². The van der Waals surface area contributed by atoms with Crippen LogP contribution in [0.15, 0.2) is 96.1 Å². The molecule has 0 bridgehead atoms. The lowest BCUT2D eigenvalue weighted by atomic mass is 10.0. The lowest BCUT2D eigenvalue weighted by molar-refractivity contribution is 0.0240. The van der Waals surface area contributed by atoms with E-state index in [9.17, 15) is 9.59 Å². The SMILES string of the molecule is CC(C)(C)OC(=O)N1CCN(c2ccc(N(c3ccccc3)c3ncc4cc(Cc5ccccc5)c(=O)n(C5CCCC5)c4n3)nc2)CC1. The lowest BCUT2D eigenvalue weighted by Gasteiger charge is -2.36. The Morgan fingerprint density at radius 3 is 2.22 bits per heavy atom. The van der Waals surface area contributed by atoms with Crippen LogP contribution in [-0.2, 0) is 11.2 Å². The van der Waals surface area contributed by atoms with Gasteiger partial charge in [-0.3, -0.25) is 14.3 Å². The van der Waals surface area contributed by atoms with Gasteiger partial charge in [0.25, 0.3) is 5.56 Å². The van der Waals surface area contributed by atoms with Crippen LogP contribution in [0.3, 0.4) is 0 Å². The van der Waals surface area contributed by atoms with Gasteiger partial charge in [0.1, 0.15) is 17.1 Å². The number of anilines is 4. The van der Waals surface area contributed by atoms with Gasteiger partial charge in [0, 0.05) is 55.8 Å². The molecule has 2 aliphatic rings. The summed E-state index contributed by atoms with van der Waals surface area (Å²) in [6, 6.07) is 26.2. The summed E-state index contributed by atoms with van der Waals surface area (Å²) in [5.74, 6) is 1.11. The number of carbonyl (C=O) groups excluding carboxylic acids is 1. The number of pyridine rings is 2. The van der Waals surface area contributed by atoms with Crippen molar-refractivity contribution in [3.63, 3.8) is 0 Å². The molecule has 2 aromatic carbocycles. The maximum absolute atomic E-state index is 14.1. The average molecular weight is 658 g/mol. The molecule has 7 rings (SSSR count). The Hall–Kier alpha value is -5.25. The molecule has 10 heteroatoms. The van der Waals surface area contributed by atoms with Crippen LogP contribution in [0.2, 0.25) is 0 Å². The van der Waals surface area contributed by atoms with Gasteiger partial charge in [-0.05, 0) is 69.5 Å². The fourth-order valence-electron chi connectivity index (χ4n) is 6.82. The van der Waals surface area contributed by atoms with Crippen molar-refractivity contribution in [3.8, 4) is 0 Å². The summed E-state index contributed by atoms with van der Waals surface area (Å²) in [7, 11) is 0. The van der Waals surface area contributed by atoms with E-state index < -0.39 is 5.60 Å². The number of carbonyl (C=O) groups is 1. The van der Waals surface area contributed by atoms with Crippen LogP contribution in [0.4, 0.5) is 27.9 Å². The van der Waals surface area contributed by atoms with Crippen LogP contribution in [0.25, 0.3) is 11.0 Å². The minimum atomic E-state index is -0.521. The van der Waals surface area contributed by atoms with E-state index in [1.165, 1.54) is 0 Å². The van der Waals surface area contributed by atoms with Crippen molar-refractivity contribution in [2.45, 2.75) is 64.5 Å². The van der Waals surface area contributed by atoms with E-state index in [0.29, 0.717) is 50.0 Å². The molecule has 1 saturated carbocycles. The maximum atomic E-state index is 14.1. The third-order valence-electron chi connectivity index (χ3n) is 9.23. The molecule has 0 N–H and O–H groups in total. The van der Waals surface area contributed by atoms with E-state index in [-0.39, 0.29) is 17.7 Å². The van der Waals surface area contributed by atoms with Crippen LogP contribution < -0.4 is 15.4 Å². The van der Waals surface area contributed by atoms with Gasteiger partial charge in [-0.25, -0.2) is 14.8 Å². The number of aromatic nitrogens is 4. The number of fused-ring (bicyclic) bond motifs is 1. The van der Waals surface area contributed by atoms with Crippen LogP contribution in [0.5, 0.6) is 0 Å². The molecule has 252 valence electrons. The molecule has 2 fully saturated rings. The largest absolute Gasteiger partial charge is 0.444 e. The molecular formula is C39H43N7O3. The molecule has 5 aromatic rings. The first-order valence-corrected chi connectivity index (χ1v) is 17.2. The number of hydrogen-bond donors (Lipinski definition) is 0. The zero-order valence-electron chi connectivity index (χ0n) is 28.5. The Labute approximate surface area is 287 Å². The number of nitrogens with zero attached hydrogens (tertiary/aromatic N) is 7. The Balaban J connectivity index is 1.21. The third kappa shape index (κ3) is 7.13. The fraction of sp³-hybridized carbons (Fsp3) is 0.359. The molecule has 4 heterocycles. The monoisotopic (exact) mass is 657 g/mol. The molecule has 10 nitrogen and oxygen atoms in total. The van der Waals surface area contributed by atoms with Gasteiger partial charge < -0.3 is 14.5 Å². The average Bonchev–Trinajstić information content (AvgIpc) is 3.64. The van der Waals surface area contributed by atoms with Crippen molar-refractivity contribution in [3.05, 3.63) is 113 Å². The maximum Gasteiger partial charge on any atom is 0.410 e. The highest BCUT2D eigenvalue weighted by molar-refractivity contribution is 5.79.